The number of carbonyl (C=O) groups is 1. The third-order valence-corrected chi connectivity index (χ3v) is 6.43. The largest absolute Gasteiger partial charge is 0.366 e. The molecule has 1 aliphatic rings. The zero-order valence-corrected chi connectivity index (χ0v) is 19.7. The highest BCUT2D eigenvalue weighted by Crippen LogP contribution is 2.33. The fourth-order valence-electron chi connectivity index (χ4n) is 3.39. The van der Waals surface area contributed by atoms with Gasteiger partial charge in [-0.15, -0.1) is 6.58 Å². The predicted octanol–water partition coefficient (Wildman–Crippen LogP) is 4.77. The number of pyridine rings is 1. The SMILES string of the molecule is C=CCNc1nc2ccc(C)cn2c(=O)c1/C=C1/SC(=S)N(CCCCCCC)C1=O. The summed E-state index contributed by atoms with van der Waals surface area (Å²) in [5, 5.41) is 3.12. The smallest absolute Gasteiger partial charge is 0.267 e. The van der Waals surface area contributed by atoms with E-state index in [0.717, 1.165) is 18.4 Å². The fraction of sp³-hybridized carbons (Fsp3) is 0.391. The van der Waals surface area contributed by atoms with Crippen LogP contribution in [-0.2, 0) is 4.79 Å². The monoisotopic (exact) mass is 456 g/mol. The summed E-state index contributed by atoms with van der Waals surface area (Å²) in [6.07, 6.45) is 10.6. The van der Waals surface area contributed by atoms with Gasteiger partial charge in [-0.25, -0.2) is 4.98 Å². The molecule has 6 nitrogen and oxygen atoms in total. The van der Waals surface area contributed by atoms with E-state index in [1.165, 1.54) is 35.4 Å². The number of anilines is 1. The predicted molar refractivity (Wildman–Crippen MR) is 134 cm³/mol. The Morgan fingerprint density at radius 3 is 2.74 bits per heavy atom. The Morgan fingerprint density at radius 2 is 2.00 bits per heavy atom. The fourth-order valence-corrected chi connectivity index (χ4v) is 4.68. The number of nitrogens with zero attached hydrogens (tertiary/aromatic N) is 3. The molecule has 0 unspecified atom stereocenters. The molecular formula is C23H28N4O2S2. The summed E-state index contributed by atoms with van der Waals surface area (Å²) < 4.78 is 2.05. The van der Waals surface area contributed by atoms with Crippen molar-refractivity contribution in [1.82, 2.24) is 14.3 Å². The van der Waals surface area contributed by atoms with Crippen molar-refractivity contribution in [2.45, 2.75) is 46.0 Å². The average molecular weight is 457 g/mol. The van der Waals surface area contributed by atoms with Crippen molar-refractivity contribution in [3.05, 3.63) is 57.4 Å². The van der Waals surface area contributed by atoms with Gasteiger partial charge in [-0.05, 0) is 31.1 Å². The number of thiocarbonyl (C=S) groups is 1. The molecule has 0 aromatic carbocycles. The van der Waals surface area contributed by atoms with Crippen LogP contribution in [0.4, 0.5) is 5.82 Å². The van der Waals surface area contributed by atoms with Crippen LogP contribution in [0.1, 0.15) is 50.2 Å². The number of fused-ring (bicyclic) bond motifs is 1. The summed E-state index contributed by atoms with van der Waals surface area (Å²) in [6.45, 7) is 8.87. The molecule has 0 atom stereocenters. The molecule has 0 saturated carbocycles. The Kier molecular flexibility index (Phi) is 8.03. The minimum atomic E-state index is -0.231. The number of aryl methyl sites for hydroxylation is 1. The van der Waals surface area contributed by atoms with Crippen molar-refractivity contribution in [2.24, 2.45) is 0 Å². The van der Waals surface area contributed by atoms with Crippen molar-refractivity contribution in [2.75, 3.05) is 18.4 Å². The van der Waals surface area contributed by atoms with Crippen LogP contribution in [0.2, 0.25) is 0 Å². The third-order valence-electron chi connectivity index (χ3n) is 5.05. The van der Waals surface area contributed by atoms with Crippen molar-refractivity contribution < 1.29 is 4.79 Å². The molecule has 8 heteroatoms. The van der Waals surface area contributed by atoms with E-state index >= 15 is 0 Å². The van der Waals surface area contributed by atoms with Crippen LogP contribution in [-0.4, -0.2) is 37.6 Å². The zero-order valence-electron chi connectivity index (χ0n) is 18.0. The van der Waals surface area contributed by atoms with Crippen molar-refractivity contribution in [1.29, 1.82) is 0 Å². The van der Waals surface area contributed by atoms with Gasteiger partial charge in [-0.2, -0.15) is 0 Å². The number of rotatable bonds is 10. The molecule has 1 aliphatic heterocycles. The van der Waals surface area contributed by atoms with Crippen LogP contribution < -0.4 is 10.9 Å². The summed E-state index contributed by atoms with van der Waals surface area (Å²) in [6, 6.07) is 3.71. The lowest BCUT2D eigenvalue weighted by molar-refractivity contribution is -0.122. The van der Waals surface area contributed by atoms with Gasteiger partial charge in [0.25, 0.3) is 11.5 Å². The molecule has 0 radical (unpaired) electrons. The molecule has 3 rings (SSSR count). The van der Waals surface area contributed by atoms with Crippen LogP contribution >= 0.6 is 24.0 Å². The van der Waals surface area contributed by atoms with Crippen LogP contribution in [0.3, 0.4) is 0 Å². The van der Waals surface area contributed by atoms with Gasteiger partial charge >= 0.3 is 0 Å². The number of aromatic nitrogens is 2. The molecule has 164 valence electrons. The maximum atomic E-state index is 13.2. The van der Waals surface area contributed by atoms with Gasteiger partial charge in [0.05, 0.1) is 10.5 Å². The summed E-state index contributed by atoms with van der Waals surface area (Å²) in [5.41, 5.74) is 1.60. The second-order valence-electron chi connectivity index (χ2n) is 7.53. The van der Waals surface area contributed by atoms with Crippen molar-refractivity contribution in [3.8, 4) is 0 Å². The van der Waals surface area contributed by atoms with E-state index in [9.17, 15) is 9.59 Å². The van der Waals surface area contributed by atoms with Crippen LogP contribution in [0.5, 0.6) is 0 Å². The highest BCUT2D eigenvalue weighted by atomic mass is 32.2. The maximum absolute atomic E-state index is 13.2. The van der Waals surface area contributed by atoms with Gasteiger partial charge in [-0.1, -0.05) is 68.7 Å². The number of hydrogen-bond acceptors (Lipinski definition) is 6. The quantitative estimate of drug-likeness (QED) is 0.240. The van der Waals surface area contributed by atoms with Gasteiger partial charge in [0.2, 0.25) is 0 Å². The lowest BCUT2D eigenvalue weighted by atomic mass is 10.1. The van der Waals surface area contributed by atoms with E-state index in [0.29, 0.717) is 39.3 Å². The molecule has 2 aromatic heterocycles. The molecule has 1 fully saturated rings. The average Bonchev–Trinajstić information content (AvgIpc) is 3.02. The van der Waals surface area contributed by atoms with E-state index in [2.05, 4.69) is 23.8 Å². The highest BCUT2D eigenvalue weighted by Gasteiger charge is 2.32. The van der Waals surface area contributed by atoms with E-state index in [1.807, 2.05) is 13.0 Å². The first kappa shape index (κ1) is 23.2. The molecule has 0 bridgehead atoms. The lowest BCUT2D eigenvalue weighted by Gasteiger charge is -2.14. The zero-order chi connectivity index (χ0) is 22.4. The number of carbonyl (C=O) groups excluding carboxylic acids is 1. The summed E-state index contributed by atoms with van der Waals surface area (Å²) in [5.74, 6) is 0.285. The number of thioether (sulfide) groups is 1. The molecule has 2 aromatic rings. The van der Waals surface area contributed by atoms with E-state index < -0.39 is 0 Å². The number of hydrogen-bond donors (Lipinski definition) is 1. The van der Waals surface area contributed by atoms with Gasteiger partial charge < -0.3 is 5.32 Å². The highest BCUT2D eigenvalue weighted by molar-refractivity contribution is 8.26. The van der Waals surface area contributed by atoms with Gasteiger partial charge in [0.1, 0.15) is 15.8 Å². The third kappa shape index (κ3) is 5.43. The van der Waals surface area contributed by atoms with Crippen molar-refractivity contribution >= 4 is 51.7 Å². The number of nitrogens with one attached hydrogen (secondary N) is 1. The minimum absolute atomic E-state index is 0.145. The van der Waals surface area contributed by atoms with Gasteiger partial charge in [-0.3, -0.25) is 18.9 Å². The molecule has 1 N–H and O–H groups in total. The first-order chi connectivity index (χ1) is 15.0. The molecule has 3 heterocycles. The van der Waals surface area contributed by atoms with Gasteiger partial charge in [0.15, 0.2) is 0 Å². The Hall–Kier alpha value is -2.45. The molecule has 0 aliphatic carbocycles. The summed E-state index contributed by atoms with van der Waals surface area (Å²) in [4.78, 5) is 32.9. The Balaban J connectivity index is 1.92. The molecular weight excluding hydrogens is 428 g/mol. The van der Waals surface area contributed by atoms with Crippen LogP contribution in [0.15, 0.2) is 40.7 Å². The molecule has 1 saturated heterocycles. The lowest BCUT2D eigenvalue weighted by Crippen LogP contribution is -2.29. The van der Waals surface area contributed by atoms with E-state index in [-0.39, 0.29) is 11.5 Å². The standard InChI is InChI=1S/C23H28N4O2S2/c1-4-6-7-8-9-13-26-22(29)18(31-23(26)30)14-17-20(24-12-5-2)25-19-11-10-16(3)15-27(19)21(17)28/h5,10-11,14-15,24H,2,4,6-9,12-13H2,1,3H3/b18-14+. The Morgan fingerprint density at radius 1 is 1.23 bits per heavy atom. The Labute approximate surface area is 192 Å². The second-order valence-corrected chi connectivity index (χ2v) is 9.21. The first-order valence-corrected chi connectivity index (χ1v) is 11.8. The number of amides is 1. The molecule has 1 amide bonds. The van der Waals surface area contributed by atoms with Crippen LogP contribution in [0, 0.1) is 6.92 Å². The molecule has 31 heavy (non-hydrogen) atoms. The Bertz CT molecular complexity index is 1090. The van der Waals surface area contributed by atoms with E-state index in [1.54, 1.807) is 29.3 Å². The summed E-state index contributed by atoms with van der Waals surface area (Å²) >= 11 is 6.68. The normalized spacial score (nSPS) is 15.3. The van der Waals surface area contributed by atoms with Gasteiger partial charge in [0, 0.05) is 19.3 Å². The first-order valence-electron chi connectivity index (χ1n) is 10.6. The van der Waals surface area contributed by atoms with Crippen LogP contribution in [0.25, 0.3) is 11.7 Å². The topological polar surface area (TPSA) is 66.7 Å². The number of unbranched alkanes of at least 4 members (excludes halogenated alkanes) is 4. The molecule has 0 spiro atoms. The summed E-state index contributed by atoms with van der Waals surface area (Å²) in [7, 11) is 0. The maximum Gasteiger partial charge on any atom is 0.267 e. The minimum Gasteiger partial charge on any atom is -0.366 e. The van der Waals surface area contributed by atoms with Crippen molar-refractivity contribution in [3.63, 3.8) is 0 Å². The van der Waals surface area contributed by atoms with E-state index in [4.69, 9.17) is 12.2 Å². The second kappa shape index (κ2) is 10.7.